The van der Waals surface area contributed by atoms with E-state index < -0.39 is 12.0 Å². The lowest BCUT2D eigenvalue weighted by atomic mass is 10.2. The second kappa shape index (κ2) is 6.44. The average Bonchev–Trinajstić information content (AvgIpc) is 2.35. The maximum atomic E-state index is 11.8. The highest BCUT2D eigenvalue weighted by atomic mass is 16.5. The van der Waals surface area contributed by atoms with Gasteiger partial charge in [-0.15, -0.1) is 0 Å². The van der Waals surface area contributed by atoms with Gasteiger partial charge in [0.15, 0.2) is 0 Å². The zero-order valence-corrected chi connectivity index (χ0v) is 10.3. The van der Waals surface area contributed by atoms with E-state index in [4.69, 9.17) is 9.84 Å². The highest BCUT2D eigenvalue weighted by molar-refractivity contribution is 5.82. The minimum atomic E-state index is -0.999. The van der Waals surface area contributed by atoms with Gasteiger partial charge < -0.3 is 20.1 Å². The number of aliphatic carboxylic acids is 1. The predicted molar refractivity (Wildman–Crippen MR) is 61.9 cm³/mol. The highest BCUT2D eigenvalue weighted by Crippen LogP contribution is 2.08. The third-order valence-electron chi connectivity index (χ3n) is 2.89. The molecule has 1 fully saturated rings. The molecule has 0 aliphatic carbocycles. The van der Waals surface area contributed by atoms with Gasteiger partial charge in [-0.2, -0.15) is 0 Å². The molecule has 1 heterocycles. The highest BCUT2D eigenvalue weighted by Gasteiger charge is 2.26. The number of carboxylic acids is 1. The molecule has 0 spiro atoms. The summed E-state index contributed by atoms with van der Waals surface area (Å²) >= 11 is 0. The number of ether oxygens (including phenoxy) is 1. The number of hydrogen-bond acceptors (Lipinski definition) is 3. The molecular weight excluding hydrogens is 224 g/mol. The maximum absolute atomic E-state index is 11.8. The van der Waals surface area contributed by atoms with Crippen LogP contribution in [0.25, 0.3) is 0 Å². The normalized spacial score (nSPS) is 22.0. The molecule has 1 saturated heterocycles. The molecular formula is C11H20N2O4. The monoisotopic (exact) mass is 244 g/mol. The molecule has 0 aromatic carbocycles. The first-order valence-corrected chi connectivity index (χ1v) is 5.98. The Hall–Kier alpha value is -1.30. The molecule has 1 unspecified atom stereocenters. The maximum Gasteiger partial charge on any atom is 0.326 e. The molecule has 2 atom stereocenters. The third kappa shape index (κ3) is 3.89. The van der Waals surface area contributed by atoms with Gasteiger partial charge in [-0.05, 0) is 12.8 Å². The fourth-order valence-corrected chi connectivity index (χ4v) is 1.73. The number of urea groups is 1. The van der Waals surface area contributed by atoms with E-state index in [1.807, 2.05) is 6.92 Å². The van der Waals surface area contributed by atoms with Gasteiger partial charge in [0.25, 0.3) is 0 Å². The molecule has 6 heteroatoms. The summed E-state index contributed by atoms with van der Waals surface area (Å²) in [6.45, 7) is 5.28. The standard InChI is InChI=1S/C11H20N2O4/c1-3-8-7-13(5-6-17-8)11(16)12-9(4-2)10(14)15/h8-9H,3-7H2,1-2H3,(H,12,16)(H,14,15)/t8?,9-/m1/s1. The molecule has 98 valence electrons. The second-order valence-corrected chi connectivity index (χ2v) is 4.10. The number of carbonyl (C=O) groups excluding carboxylic acids is 1. The second-order valence-electron chi connectivity index (χ2n) is 4.10. The van der Waals surface area contributed by atoms with Crippen molar-refractivity contribution < 1.29 is 19.4 Å². The van der Waals surface area contributed by atoms with Crippen LogP contribution in [0.2, 0.25) is 0 Å². The molecule has 17 heavy (non-hydrogen) atoms. The fraction of sp³-hybridized carbons (Fsp3) is 0.818. The Morgan fingerprint density at radius 3 is 2.76 bits per heavy atom. The number of amides is 2. The van der Waals surface area contributed by atoms with Crippen LogP contribution in [0.15, 0.2) is 0 Å². The molecule has 0 aromatic rings. The quantitative estimate of drug-likeness (QED) is 0.762. The summed E-state index contributed by atoms with van der Waals surface area (Å²) in [7, 11) is 0. The van der Waals surface area contributed by atoms with Crippen LogP contribution in [0.3, 0.4) is 0 Å². The van der Waals surface area contributed by atoms with Gasteiger partial charge in [-0.25, -0.2) is 9.59 Å². The minimum absolute atomic E-state index is 0.0550. The van der Waals surface area contributed by atoms with Crippen molar-refractivity contribution >= 4 is 12.0 Å². The van der Waals surface area contributed by atoms with Crippen LogP contribution in [-0.2, 0) is 9.53 Å². The van der Waals surface area contributed by atoms with Crippen LogP contribution in [0.1, 0.15) is 26.7 Å². The smallest absolute Gasteiger partial charge is 0.326 e. The van der Waals surface area contributed by atoms with Gasteiger partial charge in [-0.3, -0.25) is 0 Å². The van der Waals surface area contributed by atoms with E-state index in [9.17, 15) is 9.59 Å². The van der Waals surface area contributed by atoms with E-state index in [-0.39, 0.29) is 12.1 Å². The van der Waals surface area contributed by atoms with E-state index in [1.54, 1.807) is 11.8 Å². The summed E-state index contributed by atoms with van der Waals surface area (Å²) in [5, 5.41) is 11.4. The van der Waals surface area contributed by atoms with Gasteiger partial charge >= 0.3 is 12.0 Å². The van der Waals surface area contributed by atoms with Crippen molar-refractivity contribution in [3.05, 3.63) is 0 Å². The van der Waals surface area contributed by atoms with E-state index in [0.29, 0.717) is 26.1 Å². The Bertz CT molecular complexity index is 283. The number of carboxylic acid groups (broad SMARTS) is 1. The lowest BCUT2D eigenvalue weighted by molar-refractivity contribution is -0.139. The summed E-state index contributed by atoms with van der Waals surface area (Å²) in [4.78, 5) is 24.3. The van der Waals surface area contributed by atoms with Gasteiger partial charge in [0.2, 0.25) is 0 Å². The topological polar surface area (TPSA) is 78.9 Å². The van der Waals surface area contributed by atoms with Crippen molar-refractivity contribution in [2.45, 2.75) is 38.8 Å². The Morgan fingerprint density at radius 1 is 1.53 bits per heavy atom. The lowest BCUT2D eigenvalue weighted by Gasteiger charge is -2.33. The minimum Gasteiger partial charge on any atom is -0.480 e. The van der Waals surface area contributed by atoms with Gasteiger partial charge in [-0.1, -0.05) is 13.8 Å². The number of nitrogens with one attached hydrogen (secondary N) is 1. The van der Waals surface area contributed by atoms with Crippen molar-refractivity contribution in [3.8, 4) is 0 Å². The van der Waals surface area contributed by atoms with Crippen LogP contribution in [0, 0.1) is 0 Å². The van der Waals surface area contributed by atoms with Crippen molar-refractivity contribution in [1.82, 2.24) is 10.2 Å². The summed E-state index contributed by atoms with van der Waals surface area (Å²) in [6.07, 6.45) is 1.28. The van der Waals surface area contributed by atoms with Gasteiger partial charge in [0.1, 0.15) is 6.04 Å². The molecule has 1 aliphatic heterocycles. The Labute approximate surface area is 101 Å². The van der Waals surface area contributed by atoms with Crippen LogP contribution >= 0.6 is 0 Å². The molecule has 0 bridgehead atoms. The largest absolute Gasteiger partial charge is 0.480 e. The number of rotatable bonds is 4. The summed E-state index contributed by atoms with van der Waals surface area (Å²) in [5.41, 5.74) is 0. The molecule has 1 aliphatic rings. The van der Waals surface area contributed by atoms with E-state index in [2.05, 4.69) is 5.32 Å². The van der Waals surface area contributed by atoms with Crippen molar-refractivity contribution in [3.63, 3.8) is 0 Å². The van der Waals surface area contributed by atoms with Crippen molar-refractivity contribution in [1.29, 1.82) is 0 Å². The molecule has 0 radical (unpaired) electrons. The SMILES string of the molecule is CCC1CN(C(=O)N[C@H](CC)C(=O)O)CCO1. The zero-order chi connectivity index (χ0) is 12.8. The summed E-state index contributed by atoms with van der Waals surface area (Å²) in [6, 6.07) is -1.13. The van der Waals surface area contributed by atoms with Crippen LogP contribution in [0.4, 0.5) is 4.79 Å². The Kier molecular flexibility index (Phi) is 5.21. The van der Waals surface area contributed by atoms with Gasteiger partial charge in [0.05, 0.1) is 12.7 Å². The molecule has 1 rings (SSSR count). The lowest BCUT2D eigenvalue weighted by Crippen LogP contribution is -2.53. The molecule has 2 amide bonds. The average molecular weight is 244 g/mol. The van der Waals surface area contributed by atoms with Crippen molar-refractivity contribution in [2.24, 2.45) is 0 Å². The van der Waals surface area contributed by atoms with Crippen LogP contribution in [0.5, 0.6) is 0 Å². The fourth-order valence-electron chi connectivity index (χ4n) is 1.73. The Morgan fingerprint density at radius 2 is 2.24 bits per heavy atom. The molecule has 0 aromatic heterocycles. The first-order valence-electron chi connectivity index (χ1n) is 5.98. The number of carbonyl (C=O) groups is 2. The molecule has 6 nitrogen and oxygen atoms in total. The molecule has 0 saturated carbocycles. The summed E-state index contributed by atoms with van der Waals surface area (Å²) < 4.78 is 5.45. The Balaban J connectivity index is 2.48. The molecule has 2 N–H and O–H groups in total. The predicted octanol–water partition coefficient (Wildman–Crippen LogP) is 0.670. The van der Waals surface area contributed by atoms with E-state index in [1.165, 1.54) is 0 Å². The van der Waals surface area contributed by atoms with E-state index in [0.717, 1.165) is 6.42 Å². The number of nitrogens with zero attached hydrogens (tertiary/aromatic N) is 1. The van der Waals surface area contributed by atoms with Crippen molar-refractivity contribution in [2.75, 3.05) is 19.7 Å². The van der Waals surface area contributed by atoms with Gasteiger partial charge in [0, 0.05) is 13.1 Å². The van der Waals surface area contributed by atoms with E-state index >= 15 is 0 Å². The number of hydrogen-bond donors (Lipinski definition) is 2. The van der Waals surface area contributed by atoms with Crippen LogP contribution < -0.4 is 5.32 Å². The first kappa shape index (κ1) is 13.8. The third-order valence-corrected chi connectivity index (χ3v) is 2.89. The zero-order valence-electron chi connectivity index (χ0n) is 10.3. The number of morpholine rings is 1. The first-order chi connectivity index (χ1) is 8.08. The summed E-state index contributed by atoms with van der Waals surface area (Å²) in [5.74, 6) is -0.999. The van der Waals surface area contributed by atoms with Crippen LogP contribution in [-0.4, -0.2) is 53.8 Å².